The molecule has 0 aromatic heterocycles. The molecule has 1 unspecified atom stereocenters. The molecule has 1 aliphatic rings. The van der Waals surface area contributed by atoms with Crippen molar-refractivity contribution in [3.8, 4) is 0 Å². The summed E-state index contributed by atoms with van der Waals surface area (Å²) >= 11 is 0. The average Bonchev–Trinajstić information content (AvgIpc) is 2.76. The molecule has 0 saturated carbocycles. The van der Waals surface area contributed by atoms with E-state index in [0.29, 0.717) is 6.54 Å². The van der Waals surface area contributed by atoms with Crippen LogP contribution in [0.2, 0.25) is 0 Å². The highest BCUT2D eigenvalue weighted by Gasteiger charge is 2.21. The van der Waals surface area contributed by atoms with E-state index in [4.69, 9.17) is 5.73 Å². The summed E-state index contributed by atoms with van der Waals surface area (Å²) in [7, 11) is 0. The number of nitrogens with zero attached hydrogens (tertiary/aromatic N) is 1. The number of carbonyl (C=O) groups excluding carboxylic acids is 1. The SMILES string of the molecule is CC(C(=O)Nc1ccc(CN)cc1)N1CCCCCC1.Cl.Cl. The van der Waals surface area contributed by atoms with Crippen molar-refractivity contribution in [2.45, 2.75) is 45.2 Å². The van der Waals surface area contributed by atoms with Gasteiger partial charge in [0, 0.05) is 12.2 Å². The summed E-state index contributed by atoms with van der Waals surface area (Å²) in [5.41, 5.74) is 7.48. The molecule has 1 atom stereocenters. The molecular weight excluding hydrogens is 321 g/mol. The molecule has 0 bridgehead atoms. The van der Waals surface area contributed by atoms with E-state index in [0.717, 1.165) is 24.3 Å². The lowest BCUT2D eigenvalue weighted by molar-refractivity contribution is -0.120. The van der Waals surface area contributed by atoms with Crippen LogP contribution in [-0.4, -0.2) is 29.9 Å². The highest BCUT2D eigenvalue weighted by atomic mass is 35.5. The standard InChI is InChI=1S/C16H25N3O.2ClH/c1-13(19-10-4-2-3-5-11-19)16(20)18-15-8-6-14(12-17)7-9-15;;/h6-9,13H,2-5,10-12,17H2,1H3,(H,18,20);2*1H. The number of hydrogen-bond acceptors (Lipinski definition) is 3. The summed E-state index contributed by atoms with van der Waals surface area (Å²) in [4.78, 5) is 14.6. The van der Waals surface area contributed by atoms with E-state index in [9.17, 15) is 4.79 Å². The predicted molar refractivity (Wildman–Crippen MR) is 97.0 cm³/mol. The Balaban J connectivity index is 0.00000220. The van der Waals surface area contributed by atoms with Crippen LogP contribution in [-0.2, 0) is 11.3 Å². The van der Waals surface area contributed by atoms with Crippen LogP contribution in [0.5, 0.6) is 0 Å². The Hall–Kier alpha value is -0.810. The van der Waals surface area contributed by atoms with Crippen molar-refractivity contribution >= 4 is 36.4 Å². The Bertz CT molecular complexity index is 432. The monoisotopic (exact) mass is 347 g/mol. The average molecular weight is 348 g/mol. The fourth-order valence-corrected chi connectivity index (χ4v) is 2.62. The van der Waals surface area contributed by atoms with Crippen molar-refractivity contribution in [3.63, 3.8) is 0 Å². The topological polar surface area (TPSA) is 58.4 Å². The summed E-state index contributed by atoms with van der Waals surface area (Å²) < 4.78 is 0. The van der Waals surface area contributed by atoms with Crippen LogP contribution in [0.1, 0.15) is 38.2 Å². The number of nitrogens with two attached hydrogens (primary N) is 1. The van der Waals surface area contributed by atoms with E-state index in [1.54, 1.807) is 0 Å². The first-order chi connectivity index (χ1) is 9.70. The third-order valence-corrected chi connectivity index (χ3v) is 4.02. The summed E-state index contributed by atoms with van der Waals surface area (Å²) in [6, 6.07) is 7.66. The molecule has 1 aromatic rings. The van der Waals surface area contributed by atoms with Gasteiger partial charge in [-0.1, -0.05) is 25.0 Å². The van der Waals surface area contributed by atoms with Crippen LogP contribution in [0.4, 0.5) is 5.69 Å². The summed E-state index contributed by atoms with van der Waals surface area (Å²) in [5.74, 6) is 0.0763. The number of hydrogen-bond donors (Lipinski definition) is 2. The lowest BCUT2D eigenvalue weighted by Gasteiger charge is -2.26. The third kappa shape index (κ3) is 6.13. The zero-order chi connectivity index (χ0) is 14.4. The van der Waals surface area contributed by atoms with Crippen molar-refractivity contribution < 1.29 is 4.79 Å². The second-order valence-electron chi connectivity index (χ2n) is 5.52. The molecule has 0 spiro atoms. The Labute approximate surface area is 145 Å². The Morgan fingerprint density at radius 3 is 2.18 bits per heavy atom. The first-order valence-electron chi connectivity index (χ1n) is 7.54. The van der Waals surface area contributed by atoms with E-state index in [2.05, 4.69) is 10.2 Å². The van der Waals surface area contributed by atoms with Gasteiger partial charge in [-0.15, -0.1) is 24.8 Å². The summed E-state index contributed by atoms with van der Waals surface area (Å²) in [6.45, 7) is 4.58. The number of carbonyl (C=O) groups is 1. The highest BCUT2D eigenvalue weighted by Crippen LogP contribution is 2.15. The predicted octanol–water partition coefficient (Wildman–Crippen LogP) is 3.19. The van der Waals surface area contributed by atoms with Crippen molar-refractivity contribution in [2.75, 3.05) is 18.4 Å². The zero-order valence-electron chi connectivity index (χ0n) is 13.1. The van der Waals surface area contributed by atoms with Crippen molar-refractivity contribution in [1.82, 2.24) is 4.90 Å². The van der Waals surface area contributed by atoms with E-state index < -0.39 is 0 Å². The molecule has 1 aliphatic heterocycles. The molecule has 1 aromatic carbocycles. The van der Waals surface area contributed by atoms with Crippen molar-refractivity contribution in [2.24, 2.45) is 5.73 Å². The van der Waals surface area contributed by atoms with Crippen molar-refractivity contribution in [3.05, 3.63) is 29.8 Å². The highest BCUT2D eigenvalue weighted by molar-refractivity contribution is 5.94. The van der Waals surface area contributed by atoms with Gasteiger partial charge < -0.3 is 11.1 Å². The molecule has 6 heteroatoms. The Morgan fingerprint density at radius 2 is 1.68 bits per heavy atom. The third-order valence-electron chi connectivity index (χ3n) is 4.02. The molecule has 3 N–H and O–H groups in total. The Morgan fingerprint density at radius 1 is 1.14 bits per heavy atom. The van der Waals surface area contributed by atoms with Crippen LogP contribution in [0.25, 0.3) is 0 Å². The minimum Gasteiger partial charge on any atom is -0.326 e. The fourth-order valence-electron chi connectivity index (χ4n) is 2.62. The molecule has 0 aliphatic carbocycles. The molecule has 1 fully saturated rings. The maximum atomic E-state index is 12.3. The van der Waals surface area contributed by atoms with E-state index in [-0.39, 0.29) is 36.8 Å². The van der Waals surface area contributed by atoms with Gasteiger partial charge in [-0.2, -0.15) is 0 Å². The number of likely N-dealkylation sites (tertiary alicyclic amines) is 1. The van der Waals surface area contributed by atoms with E-state index in [1.165, 1.54) is 25.7 Å². The number of benzene rings is 1. The van der Waals surface area contributed by atoms with Crippen LogP contribution >= 0.6 is 24.8 Å². The summed E-state index contributed by atoms with van der Waals surface area (Å²) in [5, 5.41) is 2.99. The van der Waals surface area contributed by atoms with Gasteiger partial charge in [-0.25, -0.2) is 0 Å². The molecule has 1 saturated heterocycles. The van der Waals surface area contributed by atoms with E-state index in [1.807, 2.05) is 31.2 Å². The van der Waals surface area contributed by atoms with Gasteiger partial charge >= 0.3 is 0 Å². The lowest BCUT2D eigenvalue weighted by atomic mass is 10.2. The van der Waals surface area contributed by atoms with Gasteiger partial charge in [-0.05, 0) is 50.6 Å². The quantitative estimate of drug-likeness (QED) is 0.879. The molecule has 1 heterocycles. The van der Waals surface area contributed by atoms with Gasteiger partial charge in [0.25, 0.3) is 0 Å². The first-order valence-corrected chi connectivity index (χ1v) is 7.54. The number of rotatable bonds is 4. The fraction of sp³-hybridized carbons (Fsp3) is 0.562. The molecule has 4 nitrogen and oxygen atoms in total. The number of amides is 1. The normalized spacial score (nSPS) is 16.6. The largest absolute Gasteiger partial charge is 0.326 e. The Kier molecular flexibility index (Phi) is 10.4. The minimum atomic E-state index is -0.0673. The lowest BCUT2D eigenvalue weighted by Crippen LogP contribution is -2.42. The van der Waals surface area contributed by atoms with E-state index >= 15 is 0 Å². The molecular formula is C16H27Cl2N3O. The van der Waals surface area contributed by atoms with Crippen LogP contribution < -0.4 is 11.1 Å². The molecule has 126 valence electrons. The molecule has 1 amide bonds. The van der Waals surface area contributed by atoms with Gasteiger partial charge in [-0.3, -0.25) is 9.69 Å². The minimum absolute atomic E-state index is 0. The smallest absolute Gasteiger partial charge is 0.241 e. The first kappa shape index (κ1) is 21.2. The maximum Gasteiger partial charge on any atom is 0.241 e. The van der Waals surface area contributed by atoms with Crippen LogP contribution in [0, 0.1) is 0 Å². The second kappa shape index (κ2) is 10.8. The van der Waals surface area contributed by atoms with Crippen molar-refractivity contribution in [1.29, 1.82) is 0 Å². The van der Waals surface area contributed by atoms with Gasteiger partial charge in [0.15, 0.2) is 0 Å². The molecule has 22 heavy (non-hydrogen) atoms. The number of nitrogens with one attached hydrogen (secondary N) is 1. The number of anilines is 1. The number of halogens is 2. The molecule has 2 rings (SSSR count). The van der Waals surface area contributed by atoms with Crippen LogP contribution in [0.3, 0.4) is 0 Å². The summed E-state index contributed by atoms with van der Waals surface area (Å²) in [6.07, 6.45) is 4.96. The van der Waals surface area contributed by atoms with Gasteiger partial charge in [0.1, 0.15) is 0 Å². The second-order valence-corrected chi connectivity index (χ2v) is 5.52. The van der Waals surface area contributed by atoms with Gasteiger partial charge in [0.2, 0.25) is 5.91 Å². The molecule has 0 radical (unpaired) electrons. The van der Waals surface area contributed by atoms with Gasteiger partial charge in [0.05, 0.1) is 6.04 Å². The van der Waals surface area contributed by atoms with Crippen LogP contribution in [0.15, 0.2) is 24.3 Å². The zero-order valence-corrected chi connectivity index (χ0v) is 14.7. The maximum absolute atomic E-state index is 12.3.